The molecule has 0 N–H and O–H groups in total. The van der Waals surface area contributed by atoms with E-state index < -0.39 is 23.9 Å². The van der Waals surface area contributed by atoms with E-state index >= 15 is 0 Å². The fourth-order valence-electron chi connectivity index (χ4n) is 4.96. The van der Waals surface area contributed by atoms with E-state index in [1.807, 2.05) is 30.3 Å². The summed E-state index contributed by atoms with van der Waals surface area (Å²) in [6.07, 6.45) is 0. The zero-order valence-corrected chi connectivity index (χ0v) is 15.1. The van der Waals surface area contributed by atoms with Crippen molar-refractivity contribution >= 4 is 67.0 Å². The van der Waals surface area contributed by atoms with Crippen molar-refractivity contribution in [3.05, 3.63) is 70.8 Å². The number of cyclic esters (lactones) is 4. The summed E-state index contributed by atoms with van der Waals surface area (Å²) in [7, 11) is 0. The van der Waals surface area contributed by atoms with Gasteiger partial charge in [0.05, 0.1) is 22.3 Å². The van der Waals surface area contributed by atoms with E-state index in [1.165, 1.54) is 0 Å². The van der Waals surface area contributed by atoms with Crippen LogP contribution in [-0.4, -0.2) is 23.9 Å². The van der Waals surface area contributed by atoms with E-state index in [9.17, 15) is 19.2 Å². The molecule has 0 radical (unpaired) electrons. The summed E-state index contributed by atoms with van der Waals surface area (Å²) in [5.41, 5.74) is 0.340. The molecule has 0 atom stereocenters. The first-order valence-electron chi connectivity index (χ1n) is 9.28. The van der Waals surface area contributed by atoms with Gasteiger partial charge in [0.25, 0.3) is 0 Å². The average Bonchev–Trinajstić information content (AvgIpc) is 2.74. The number of rotatable bonds is 0. The van der Waals surface area contributed by atoms with E-state index in [0.717, 1.165) is 21.5 Å². The van der Waals surface area contributed by atoms with Crippen LogP contribution in [0.4, 0.5) is 0 Å². The molecule has 140 valence electrons. The van der Waals surface area contributed by atoms with Crippen molar-refractivity contribution in [2.75, 3.05) is 0 Å². The lowest BCUT2D eigenvalue weighted by molar-refractivity contribution is 0.0353. The van der Waals surface area contributed by atoms with Crippen LogP contribution >= 0.6 is 0 Å². The fraction of sp³-hybridized carbons (Fsp3) is 0. The average molecular weight is 392 g/mol. The van der Waals surface area contributed by atoms with Crippen molar-refractivity contribution in [2.24, 2.45) is 0 Å². The minimum atomic E-state index is -0.955. The zero-order chi connectivity index (χ0) is 20.3. The Morgan fingerprint density at radius 1 is 0.467 bits per heavy atom. The van der Waals surface area contributed by atoms with E-state index in [1.54, 1.807) is 18.2 Å². The smallest absolute Gasteiger partial charge is 0.347 e. The monoisotopic (exact) mass is 392 g/mol. The highest BCUT2D eigenvalue weighted by Crippen LogP contribution is 2.45. The molecule has 6 bridgehead atoms. The molecule has 5 aromatic carbocycles. The van der Waals surface area contributed by atoms with Crippen LogP contribution in [0.3, 0.4) is 0 Å². The zero-order valence-electron chi connectivity index (χ0n) is 15.1. The molecular weight excluding hydrogens is 384 g/mol. The molecule has 0 unspecified atom stereocenters. The molecular formula is C24H8O6. The van der Waals surface area contributed by atoms with Crippen LogP contribution in [0.25, 0.3) is 43.1 Å². The third kappa shape index (κ3) is 1.58. The van der Waals surface area contributed by atoms with Gasteiger partial charge in [-0.2, -0.15) is 0 Å². The van der Waals surface area contributed by atoms with Crippen molar-refractivity contribution in [3.63, 3.8) is 0 Å². The molecule has 0 aliphatic carbocycles. The summed E-state index contributed by atoms with van der Waals surface area (Å²) in [6.45, 7) is 0. The van der Waals surface area contributed by atoms with Gasteiger partial charge < -0.3 is 9.47 Å². The molecule has 0 saturated heterocycles. The van der Waals surface area contributed by atoms with Crippen LogP contribution in [0, 0.1) is 0 Å². The van der Waals surface area contributed by atoms with Crippen molar-refractivity contribution < 1.29 is 28.7 Å². The number of ether oxygens (including phenoxy) is 2. The molecule has 6 nitrogen and oxygen atoms in total. The van der Waals surface area contributed by atoms with Crippen LogP contribution in [-0.2, 0) is 9.47 Å². The first-order valence-corrected chi connectivity index (χ1v) is 9.28. The number of esters is 4. The first-order chi connectivity index (χ1) is 14.5. The molecule has 7 rings (SSSR count). The second-order valence-corrected chi connectivity index (χ2v) is 7.50. The van der Waals surface area contributed by atoms with Gasteiger partial charge in [-0.1, -0.05) is 30.3 Å². The SMILES string of the molecule is O=C1OC(=O)c2ccc3c4ccc5c6c(c1cc(c1cccc2c31)c64)C(=O)OC5=O. The normalized spacial score (nSPS) is 15.5. The lowest BCUT2D eigenvalue weighted by Crippen LogP contribution is -2.24. The standard InChI is InChI=1S/C24H8O6/c25-21-13-6-4-11-12-5-7-14-19-18(12)15(10-3-1-2-9(13)17(10)11)8-16(23(27)29-21)20(19)24(28)30-22(14)26/h1-8H. The summed E-state index contributed by atoms with van der Waals surface area (Å²) in [5.74, 6) is -3.44. The number of benzene rings is 5. The Bertz CT molecular complexity index is 1710. The van der Waals surface area contributed by atoms with Crippen LogP contribution in [0.15, 0.2) is 48.5 Å². The van der Waals surface area contributed by atoms with Gasteiger partial charge in [0, 0.05) is 5.39 Å². The van der Waals surface area contributed by atoms with Gasteiger partial charge in [-0.05, 0) is 55.9 Å². The van der Waals surface area contributed by atoms with Crippen molar-refractivity contribution in [3.8, 4) is 0 Å². The van der Waals surface area contributed by atoms with Crippen molar-refractivity contribution in [1.82, 2.24) is 0 Å². The van der Waals surface area contributed by atoms with Gasteiger partial charge in [0.1, 0.15) is 0 Å². The van der Waals surface area contributed by atoms with Gasteiger partial charge >= 0.3 is 23.9 Å². The predicted octanol–water partition coefficient (Wildman–Crippen LogP) is 4.36. The third-order valence-electron chi connectivity index (χ3n) is 6.14. The molecule has 2 heterocycles. The number of carbonyl (C=O) groups is 4. The maximum Gasteiger partial charge on any atom is 0.347 e. The third-order valence-corrected chi connectivity index (χ3v) is 6.14. The Labute approximate surface area is 166 Å². The number of hydrogen-bond acceptors (Lipinski definition) is 6. The predicted molar refractivity (Wildman–Crippen MR) is 107 cm³/mol. The summed E-state index contributed by atoms with van der Waals surface area (Å²) in [5, 5.41) is 5.87. The Morgan fingerprint density at radius 2 is 1.07 bits per heavy atom. The summed E-state index contributed by atoms with van der Waals surface area (Å²) in [4.78, 5) is 50.9. The maximum absolute atomic E-state index is 13.0. The first kappa shape index (κ1) is 15.6. The Kier molecular flexibility index (Phi) is 2.50. The highest BCUT2D eigenvalue weighted by atomic mass is 16.6. The molecule has 0 aromatic heterocycles. The molecule has 0 saturated carbocycles. The fourth-order valence-corrected chi connectivity index (χ4v) is 4.96. The molecule has 0 amide bonds. The topological polar surface area (TPSA) is 86.7 Å². The maximum atomic E-state index is 13.0. The van der Waals surface area contributed by atoms with Crippen LogP contribution < -0.4 is 0 Å². The Hall–Kier alpha value is -4.32. The molecule has 5 aromatic rings. The summed E-state index contributed by atoms with van der Waals surface area (Å²) in [6, 6.07) is 14.0. The van der Waals surface area contributed by atoms with Crippen molar-refractivity contribution in [1.29, 1.82) is 0 Å². The highest BCUT2D eigenvalue weighted by Gasteiger charge is 2.35. The van der Waals surface area contributed by atoms with Crippen LogP contribution in [0.5, 0.6) is 0 Å². The summed E-state index contributed by atoms with van der Waals surface area (Å²) >= 11 is 0. The van der Waals surface area contributed by atoms with E-state index in [0.29, 0.717) is 21.5 Å². The number of carbonyl (C=O) groups excluding carboxylic acids is 4. The van der Waals surface area contributed by atoms with E-state index in [-0.39, 0.29) is 22.3 Å². The van der Waals surface area contributed by atoms with Gasteiger partial charge in [-0.3, -0.25) is 0 Å². The minimum Gasteiger partial charge on any atom is -0.386 e. The van der Waals surface area contributed by atoms with E-state index in [4.69, 9.17) is 9.47 Å². The molecule has 0 fully saturated rings. The summed E-state index contributed by atoms with van der Waals surface area (Å²) < 4.78 is 10.0. The van der Waals surface area contributed by atoms with Gasteiger partial charge in [-0.25, -0.2) is 19.2 Å². The van der Waals surface area contributed by atoms with Crippen LogP contribution in [0.2, 0.25) is 0 Å². The van der Waals surface area contributed by atoms with Gasteiger partial charge in [-0.15, -0.1) is 0 Å². The lowest BCUT2D eigenvalue weighted by Gasteiger charge is -2.23. The second-order valence-electron chi connectivity index (χ2n) is 7.50. The molecule has 2 aliphatic heterocycles. The van der Waals surface area contributed by atoms with Gasteiger partial charge in [0.15, 0.2) is 0 Å². The Balaban J connectivity index is 1.94. The van der Waals surface area contributed by atoms with Gasteiger partial charge in [0.2, 0.25) is 0 Å². The largest absolute Gasteiger partial charge is 0.386 e. The lowest BCUT2D eigenvalue weighted by atomic mass is 9.83. The van der Waals surface area contributed by atoms with E-state index in [2.05, 4.69) is 0 Å². The highest BCUT2D eigenvalue weighted by molar-refractivity contribution is 6.39. The Morgan fingerprint density at radius 3 is 1.90 bits per heavy atom. The van der Waals surface area contributed by atoms with Crippen molar-refractivity contribution in [2.45, 2.75) is 0 Å². The quantitative estimate of drug-likeness (QED) is 0.168. The molecule has 0 spiro atoms. The molecule has 30 heavy (non-hydrogen) atoms. The number of fused-ring (bicyclic) bond motifs is 3. The second kappa shape index (κ2) is 4.80. The molecule has 6 heteroatoms. The van der Waals surface area contributed by atoms with Crippen LogP contribution in [0.1, 0.15) is 41.4 Å². The number of hydrogen-bond donors (Lipinski definition) is 0. The minimum absolute atomic E-state index is 0.0476. The molecule has 2 aliphatic rings.